The minimum absolute atomic E-state index is 0.751. The summed E-state index contributed by atoms with van der Waals surface area (Å²) >= 11 is 5.57. The molecule has 0 saturated carbocycles. The first-order valence-corrected chi connectivity index (χ1v) is 5.71. The molecule has 7 heteroatoms. The van der Waals surface area contributed by atoms with Crippen molar-refractivity contribution in [3.8, 4) is 10.7 Å². The fourth-order valence-corrected chi connectivity index (χ4v) is 2.32. The van der Waals surface area contributed by atoms with Gasteiger partial charge in [-0.2, -0.15) is 5.10 Å². The molecule has 0 radical (unpaired) electrons. The van der Waals surface area contributed by atoms with Crippen molar-refractivity contribution in [2.75, 3.05) is 0 Å². The van der Waals surface area contributed by atoms with Crippen LogP contribution in [0, 0.1) is 0 Å². The number of H-pyrrole nitrogens is 1. The average Bonchev–Trinajstić information content (AvgIpc) is 2.75. The fourth-order valence-electron chi connectivity index (χ4n) is 0.734. The van der Waals surface area contributed by atoms with Crippen molar-refractivity contribution < 1.29 is 0 Å². The zero-order chi connectivity index (χ0) is 8.39. The lowest BCUT2D eigenvalue weighted by Crippen LogP contribution is -1.73. The third kappa shape index (κ3) is 1.47. The van der Waals surface area contributed by atoms with E-state index < -0.39 is 0 Å². The van der Waals surface area contributed by atoms with Crippen LogP contribution in [0.1, 0.15) is 0 Å². The zero-order valence-corrected chi connectivity index (χ0v) is 8.29. The molecule has 0 atom stereocenters. The SMILES string of the molecule is SSc1ncc(-c2ncn[nH]2)s1. The van der Waals surface area contributed by atoms with Gasteiger partial charge in [-0.3, -0.25) is 5.10 Å². The van der Waals surface area contributed by atoms with Crippen LogP contribution in [0.25, 0.3) is 10.7 Å². The molecule has 2 heterocycles. The number of aromatic amines is 1. The summed E-state index contributed by atoms with van der Waals surface area (Å²) in [5.41, 5.74) is 0. The maximum atomic E-state index is 4.11. The van der Waals surface area contributed by atoms with Crippen LogP contribution in [0.2, 0.25) is 0 Å². The lowest BCUT2D eigenvalue weighted by Gasteiger charge is -1.83. The molecule has 0 amide bonds. The van der Waals surface area contributed by atoms with Crippen molar-refractivity contribution in [1.82, 2.24) is 20.2 Å². The van der Waals surface area contributed by atoms with Crippen molar-refractivity contribution in [3.05, 3.63) is 12.5 Å². The van der Waals surface area contributed by atoms with Gasteiger partial charge in [0.15, 0.2) is 10.2 Å². The molecule has 0 bridgehead atoms. The number of aromatic nitrogens is 4. The second-order valence-electron chi connectivity index (χ2n) is 1.92. The van der Waals surface area contributed by atoms with Gasteiger partial charge >= 0.3 is 0 Å². The van der Waals surface area contributed by atoms with Gasteiger partial charge in [-0.05, 0) is 10.8 Å². The van der Waals surface area contributed by atoms with Gasteiger partial charge in [-0.1, -0.05) is 0 Å². The number of hydrogen-bond donors (Lipinski definition) is 2. The lowest BCUT2D eigenvalue weighted by molar-refractivity contribution is 1.10. The summed E-state index contributed by atoms with van der Waals surface area (Å²) in [5, 5.41) is 6.52. The summed E-state index contributed by atoms with van der Waals surface area (Å²) in [6, 6.07) is 0. The first kappa shape index (κ1) is 8.09. The third-order valence-corrected chi connectivity index (χ3v) is 3.66. The van der Waals surface area contributed by atoms with Gasteiger partial charge in [-0.15, -0.1) is 23.0 Å². The molecule has 0 unspecified atom stereocenters. The molecule has 0 aliphatic rings. The number of nitrogens with one attached hydrogen (secondary N) is 1. The van der Waals surface area contributed by atoms with Gasteiger partial charge in [0, 0.05) is 0 Å². The summed E-state index contributed by atoms with van der Waals surface area (Å²) < 4.78 is 0.907. The monoisotopic (exact) mass is 216 g/mol. The topological polar surface area (TPSA) is 54.5 Å². The minimum atomic E-state index is 0.751. The Morgan fingerprint density at radius 1 is 1.50 bits per heavy atom. The molecule has 0 fully saturated rings. The van der Waals surface area contributed by atoms with Gasteiger partial charge in [0.2, 0.25) is 0 Å². The van der Waals surface area contributed by atoms with Crippen molar-refractivity contribution in [3.63, 3.8) is 0 Å². The summed E-state index contributed by atoms with van der Waals surface area (Å²) in [4.78, 5) is 9.09. The Hall–Kier alpha value is -0.530. The number of thiazole rings is 1. The van der Waals surface area contributed by atoms with Crippen LogP contribution < -0.4 is 0 Å². The van der Waals surface area contributed by atoms with Crippen LogP contribution in [0.3, 0.4) is 0 Å². The molecular weight excluding hydrogens is 212 g/mol. The quantitative estimate of drug-likeness (QED) is 0.594. The summed E-state index contributed by atoms with van der Waals surface area (Å²) in [7, 11) is 1.33. The Labute approximate surface area is 81.6 Å². The molecule has 0 aliphatic carbocycles. The molecule has 2 aromatic heterocycles. The molecule has 0 spiro atoms. The first-order chi connectivity index (χ1) is 5.90. The van der Waals surface area contributed by atoms with Crippen LogP contribution in [0.4, 0.5) is 0 Å². The largest absolute Gasteiger partial charge is 0.259 e. The van der Waals surface area contributed by atoms with Gasteiger partial charge in [0.1, 0.15) is 6.33 Å². The molecule has 4 nitrogen and oxygen atoms in total. The molecular formula is C5H4N4S3. The minimum Gasteiger partial charge on any atom is -0.259 e. The second-order valence-corrected chi connectivity index (χ2v) is 4.32. The van der Waals surface area contributed by atoms with E-state index in [1.165, 1.54) is 28.5 Å². The summed E-state index contributed by atoms with van der Waals surface area (Å²) in [5.74, 6) is 0.751. The van der Waals surface area contributed by atoms with Crippen LogP contribution >= 0.6 is 33.8 Å². The Balaban J connectivity index is 2.35. The molecule has 1 N–H and O–H groups in total. The molecule has 0 saturated heterocycles. The van der Waals surface area contributed by atoms with E-state index in [-0.39, 0.29) is 0 Å². The van der Waals surface area contributed by atoms with Crippen LogP contribution in [0.15, 0.2) is 16.9 Å². The maximum Gasteiger partial charge on any atom is 0.167 e. The smallest absolute Gasteiger partial charge is 0.167 e. The maximum absolute atomic E-state index is 4.11. The van der Waals surface area contributed by atoms with E-state index >= 15 is 0 Å². The Bertz CT molecular complexity index is 354. The molecule has 2 aromatic rings. The Kier molecular flexibility index (Phi) is 2.33. The number of rotatable bonds is 2. The zero-order valence-electron chi connectivity index (χ0n) is 5.76. The van der Waals surface area contributed by atoms with E-state index in [4.69, 9.17) is 0 Å². The van der Waals surface area contributed by atoms with Gasteiger partial charge in [0.25, 0.3) is 0 Å². The van der Waals surface area contributed by atoms with E-state index in [1.807, 2.05) is 0 Å². The highest BCUT2D eigenvalue weighted by atomic mass is 33.1. The predicted molar refractivity (Wildman–Crippen MR) is 52.3 cm³/mol. The normalized spacial score (nSPS) is 10.4. The third-order valence-electron chi connectivity index (χ3n) is 1.21. The van der Waals surface area contributed by atoms with E-state index in [9.17, 15) is 0 Å². The van der Waals surface area contributed by atoms with Gasteiger partial charge in [0.05, 0.1) is 11.1 Å². The van der Waals surface area contributed by atoms with E-state index in [0.717, 1.165) is 15.0 Å². The second kappa shape index (κ2) is 3.46. The molecule has 2 rings (SSSR count). The van der Waals surface area contributed by atoms with Crippen LogP contribution in [0.5, 0.6) is 0 Å². The van der Waals surface area contributed by atoms with Crippen molar-refractivity contribution in [1.29, 1.82) is 0 Å². The number of thiol groups is 1. The highest BCUT2D eigenvalue weighted by Gasteiger charge is 2.05. The predicted octanol–water partition coefficient (Wildman–Crippen LogP) is 1.87. The average molecular weight is 216 g/mol. The van der Waals surface area contributed by atoms with Crippen molar-refractivity contribution >= 4 is 33.8 Å². The van der Waals surface area contributed by atoms with Gasteiger partial charge < -0.3 is 0 Å². The highest BCUT2D eigenvalue weighted by molar-refractivity contribution is 8.69. The van der Waals surface area contributed by atoms with Crippen LogP contribution in [-0.4, -0.2) is 20.2 Å². The number of nitrogens with zero attached hydrogens (tertiary/aromatic N) is 3. The fraction of sp³-hybridized carbons (Fsp3) is 0. The Morgan fingerprint density at radius 2 is 2.42 bits per heavy atom. The molecule has 0 aromatic carbocycles. The van der Waals surface area contributed by atoms with E-state index in [2.05, 4.69) is 31.8 Å². The molecule has 0 aliphatic heterocycles. The molecule has 12 heavy (non-hydrogen) atoms. The highest BCUT2D eigenvalue weighted by Crippen LogP contribution is 2.30. The first-order valence-electron chi connectivity index (χ1n) is 3.03. The van der Waals surface area contributed by atoms with E-state index in [0.29, 0.717) is 0 Å². The van der Waals surface area contributed by atoms with Crippen molar-refractivity contribution in [2.45, 2.75) is 4.34 Å². The summed E-state index contributed by atoms with van der Waals surface area (Å²) in [6.07, 6.45) is 3.23. The van der Waals surface area contributed by atoms with Gasteiger partial charge in [-0.25, -0.2) is 9.97 Å². The summed E-state index contributed by atoms with van der Waals surface area (Å²) in [6.45, 7) is 0. The standard InChI is InChI=1S/C5H4N4S3/c10-12-5-6-1-3(11-5)4-7-2-8-9-4/h1-2,10H,(H,7,8,9). The molecule has 62 valence electrons. The van der Waals surface area contributed by atoms with Crippen LogP contribution in [-0.2, 0) is 0 Å². The Morgan fingerprint density at radius 3 is 3.00 bits per heavy atom. The van der Waals surface area contributed by atoms with E-state index in [1.54, 1.807) is 6.20 Å². The lowest BCUT2D eigenvalue weighted by atomic mass is 10.5. The van der Waals surface area contributed by atoms with Crippen molar-refractivity contribution in [2.24, 2.45) is 0 Å². The number of hydrogen-bond acceptors (Lipinski definition) is 6.